The molecule has 18 heavy (non-hydrogen) atoms. The largest absolute Gasteiger partial charge is 0.382 e. The molecule has 0 bridgehead atoms. The van der Waals surface area contributed by atoms with Gasteiger partial charge in [-0.05, 0) is 25.0 Å². The van der Waals surface area contributed by atoms with E-state index in [9.17, 15) is 8.78 Å². The number of nitrogen functional groups attached to an aromatic ring is 2. The monoisotopic (exact) mass is 250 g/mol. The molecule has 0 atom stereocenters. The van der Waals surface area contributed by atoms with E-state index in [1.165, 1.54) is 16.8 Å². The molecule has 2 aromatic rings. The van der Waals surface area contributed by atoms with Gasteiger partial charge in [0.05, 0.1) is 0 Å². The van der Waals surface area contributed by atoms with E-state index in [4.69, 9.17) is 11.6 Å². The summed E-state index contributed by atoms with van der Waals surface area (Å²) in [7, 11) is 0. The van der Waals surface area contributed by atoms with Crippen molar-refractivity contribution >= 4 is 5.82 Å². The summed E-state index contributed by atoms with van der Waals surface area (Å²) in [5, 5.41) is 0. The van der Waals surface area contributed by atoms with E-state index in [-0.39, 0.29) is 23.0 Å². The highest BCUT2D eigenvalue weighted by atomic mass is 19.2. The van der Waals surface area contributed by atoms with Crippen LogP contribution in [-0.4, -0.2) is 9.66 Å². The molecule has 0 amide bonds. The molecule has 4 N–H and O–H groups in total. The molecule has 0 spiro atoms. The second-order valence-corrected chi connectivity index (χ2v) is 4.45. The van der Waals surface area contributed by atoms with E-state index < -0.39 is 11.6 Å². The van der Waals surface area contributed by atoms with Gasteiger partial charge in [-0.3, -0.25) is 0 Å². The highest BCUT2D eigenvalue weighted by Crippen LogP contribution is 2.41. The number of hydrogen-bond acceptors (Lipinski definition) is 3. The Bertz CT molecular complexity index is 617. The van der Waals surface area contributed by atoms with Gasteiger partial charge in [-0.2, -0.15) is 0 Å². The molecule has 0 aliphatic heterocycles. The van der Waals surface area contributed by atoms with E-state index in [0.717, 1.165) is 18.9 Å². The Balaban J connectivity index is 2.17. The number of nitrogens with zero attached hydrogens (tertiary/aromatic N) is 2. The third-order valence-corrected chi connectivity index (χ3v) is 3.12. The van der Waals surface area contributed by atoms with Gasteiger partial charge in [-0.25, -0.2) is 18.4 Å². The van der Waals surface area contributed by atoms with Gasteiger partial charge in [-0.1, -0.05) is 6.07 Å². The molecule has 0 radical (unpaired) electrons. The fraction of sp³-hybridized carbons (Fsp3) is 0.250. The first-order chi connectivity index (χ1) is 8.59. The minimum atomic E-state index is -0.954. The van der Waals surface area contributed by atoms with Crippen LogP contribution in [0, 0.1) is 11.6 Å². The minimum absolute atomic E-state index is 0.0404. The average molecular weight is 250 g/mol. The van der Waals surface area contributed by atoms with E-state index in [0.29, 0.717) is 5.82 Å². The van der Waals surface area contributed by atoms with Gasteiger partial charge in [-0.15, -0.1) is 0 Å². The summed E-state index contributed by atoms with van der Waals surface area (Å²) in [5.74, 6) is 4.97. The Hall–Kier alpha value is -2.11. The van der Waals surface area contributed by atoms with Crippen molar-refractivity contribution in [1.82, 2.24) is 9.66 Å². The zero-order valence-corrected chi connectivity index (χ0v) is 9.53. The van der Waals surface area contributed by atoms with Crippen molar-refractivity contribution in [3.63, 3.8) is 0 Å². The molecule has 1 aliphatic rings. The molecule has 3 rings (SSSR count). The topological polar surface area (TPSA) is 69.9 Å². The number of imidazole rings is 1. The second kappa shape index (κ2) is 3.69. The van der Waals surface area contributed by atoms with Crippen molar-refractivity contribution < 1.29 is 8.78 Å². The van der Waals surface area contributed by atoms with Crippen molar-refractivity contribution in [2.24, 2.45) is 0 Å². The number of hydrogen-bond donors (Lipinski definition) is 2. The van der Waals surface area contributed by atoms with Gasteiger partial charge >= 0.3 is 0 Å². The van der Waals surface area contributed by atoms with Gasteiger partial charge in [0.15, 0.2) is 17.5 Å². The Morgan fingerprint density at radius 3 is 2.67 bits per heavy atom. The molecule has 6 heteroatoms. The SMILES string of the molecule is Nc1c(-c2cccc(F)c2F)nc(C2CC2)n1N. The van der Waals surface area contributed by atoms with Crippen LogP contribution >= 0.6 is 0 Å². The summed E-state index contributed by atoms with van der Waals surface area (Å²) in [4.78, 5) is 4.25. The van der Waals surface area contributed by atoms with E-state index in [1.807, 2.05) is 0 Å². The van der Waals surface area contributed by atoms with Gasteiger partial charge in [0.2, 0.25) is 0 Å². The highest BCUT2D eigenvalue weighted by molar-refractivity contribution is 5.71. The molecular formula is C12H12F2N4. The number of benzene rings is 1. The number of anilines is 1. The lowest BCUT2D eigenvalue weighted by Gasteiger charge is -2.02. The molecule has 1 aromatic carbocycles. The summed E-state index contributed by atoms with van der Waals surface area (Å²) in [5.41, 5.74) is 6.05. The van der Waals surface area contributed by atoms with E-state index in [1.54, 1.807) is 0 Å². The van der Waals surface area contributed by atoms with Crippen molar-refractivity contribution in [3.8, 4) is 11.3 Å². The number of rotatable bonds is 2. The summed E-state index contributed by atoms with van der Waals surface area (Å²) in [6, 6.07) is 3.91. The molecule has 0 unspecified atom stereocenters. The Morgan fingerprint density at radius 1 is 1.28 bits per heavy atom. The van der Waals surface area contributed by atoms with Crippen molar-refractivity contribution in [2.45, 2.75) is 18.8 Å². The van der Waals surface area contributed by atoms with Gasteiger partial charge in [0.1, 0.15) is 11.5 Å². The van der Waals surface area contributed by atoms with E-state index >= 15 is 0 Å². The molecule has 1 saturated carbocycles. The average Bonchev–Trinajstić information content (AvgIpc) is 3.14. The normalized spacial score (nSPS) is 15.0. The fourth-order valence-corrected chi connectivity index (χ4v) is 1.98. The number of nitrogens with two attached hydrogens (primary N) is 2. The number of halogens is 2. The predicted molar refractivity (Wildman–Crippen MR) is 64.1 cm³/mol. The summed E-state index contributed by atoms with van der Waals surface area (Å²) in [6.07, 6.45) is 2.00. The van der Waals surface area contributed by atoms with Crippen LogP contribution in [0.25, 0.3) is 11.3 Å². The fourth-order valence-electron chi connectivity index (χ4n) is 1.98. The molecule has 1 aromatic heterocycles. The van der Waals surface area contributed by atoms with Crippen LogP contribution in [0.2, 0.25) is 0 Å². The summed E-state index contributed by atoms with van der Waals surface area (Å²) < 4.78 is 28.2. The highest BCUT2D eigenvalue weighted by Gasteiger charge is 2.31. The molecule has 1 aliphatic carbocycles. The van der Waals surface area contributed by atoms with Crippen LogP contribution in [0.4, 0.5) is 14.6 Å². The van der Waals surface area contributed by atoms with Crippen molar-refractivity contribution in [3.05, 3.63) is 35.7 Å². The maximum absolute atomic E-state index is 13.7. The molecule has 1 heterocycles. The van der Waals surface area contributed by atoms with Crippen LogP contribution < -0.4 is 11.6 Å². The minimum Gasteiger partial charge on any atom is -0.382 e. The van der Waals surface area contributed by atoms with Crippen LogP contribution in [0.15, 0.2) is 18.2 Å². The second-order valence-electron chi connectivity index (χ2n) is 4.45. The van der Waals surface area contributed by atoms with Crippen molar-refractivity contribution in [1.29, 1.82) is 0 Å². The molecule has 4 nitrogen and oxygen atoms in total. The van der Waals surface area contributed by atoms with Crippen LogP contribution in [0.1, 0.15) is 24.6 Å². The molecule has 0 saturated heterocycles. The third kappa shape index (κ3) is 1.53. The third-order valence-electron chi connectivity index (χ3n) is 3.12. The summed E-state index contributed by atoms with van der Waals surface area (Å²) in [6.45, 7) is 0. The maximum Gasteiger partial charge on any atom is 0.168 e. The first-order valence-corrected chi connectivity index (χ1v) is 5.67. The van der Waals surface area contributed by atoms with Crippen molar-refractivity contribution in [2.75, 3.05) is 11.6 Å². The Labute approximate surface area is 102 Å². The molecule has 94 valence electrons. The lowest BCUT2D eigenvalue weighted by Crippen LogP contribution is -2.14. The van der Waals surface area contributed by atoms with E-state index in [2.05, 4.69) is 4.98 Å². The zero-order chi connectivity index (χ0) is 12.9. The Morgan fingerprint density at radius 2 is 2.00 bits per heavy atom. The predicted octanol–water partition coefficient (Wildman–Crippen LogP) is 2.00. The maximum atomic E-state index is 13.7. The van der Waals surface area contributed by atoms with Crippen LogP contribution in [0.5, 0.6) is 0 Å². The van der Waals surface area contributed by atoms with Gasteiger partial charge in [0.25, 0.3) is 0 Å². The van der Waals surface area contributed by atoms with Gasteiger partial charge in [0, 0.05) is 11.5 Å². The lowest BCUT2D eigenvalue weighted by molar-refractivity contribution is 0.511. The first kappa shape index (κ1) is 11.0. The number of aromatic nitrogens is 2. The van der Waals surface area contributed by atoms with Crippen LogP contribution in [0.3, 0.4) is 0 Å². The molecule has 1 fully saturated rings. The smallest absolute Gasteiger partial charge is 0.168 e. The quantitative estimate of drug-likeness (QED) is 0.801. The zero-order valence-electron chi connectivity index (χ0n) is 9.53. The first-order valence-electron chi connectivity index (χ1n) is 5.67. The Kier molecular flexibility index (Phi) is 2.26. The summed E-state index contributed by atoms with van der Waals surface area (Å²) >= 11 is 0. The van der Waals surface area contributed by atoms with Gasteiger partial charge < -0.3 is 11.6 Å². The van der Waals surface area contributed by atoms with Crippen LogP contribution in [-0.2, 0) is 0 Å². The lowest BCUT2D eigenvalue weighted by atomic mass is 10.1. The standard InChI is InChI=1S/C12H12F2N4/c13-8-3-1-2-7(9(8)14)10-11(15)18(16)12(17-10)6-4-5-6/h1-3,6H,4-5,15-16H2. The molecular weight excluding hydrogens is 238 g/mol.